The maximum absolute atomic E-state index is 6.32. The van der Waals surface area contributed by atoms with E-state index in [-0.39, 0.29) is 0 Å². The van der Waals surface area contributed by atoms with Crippen LogP contribution in [0.3, 0.4) is 0 Å². The molecule has 1 heterocycles. The molecule has 1 aliphatic carbocycles. The molecule has 69 heavy (non-hydrogen) atoms. The molecule has 0 aliphatic heterocycles. The van der Waals surface area contributed by atoms with Crippen LogP contribution >= 0.6 is 0 Å². The van der Waals surface area contributed by atoms with Crippen LogP contribution in [0.5, 0.6) is 0 Å². The second-order valence-electron chi connectivity index (χ2n) is 17.9. The summed E-state index contributed by atoms with van der Waals surface area (Å²) in [6.45, 7) is 0. The fraction of sp³-hybridized carbons (Fsp3) is 0.0149. The predicted octanol–water partition coefficient (Wildman–Crippen LogP) is 18.1. The Balaban J connectivity index is 1.02. The SMILES string of the molecule is c1ccc(-c2ccc(-c3ccccc3N(c3cccc(-c4cccc5c4-c4ccccc4C5(c4ccccc4)c4ccccc4)c3)c3ccccc3-c3ccc4oc5ccccc5c4c3)cc2)cc1. The molecule has 0 N–H and O–H groups in total. The van der Waals surface area contributed by atoms with Gasteiger partial charge in [0.05, 0.1) is 16.8 Å². The number of rotatable bonds is 9. The Labute approximate surface area is 402 Å². The Morgan fingerprint density at radius 3 is 1.49 bits per heavy atom. The highest BCUT2D eigenvalue weighted by Crippen LogP contribution is 2.58. The van der Waals surface area contributed by atoms with Gasteiger partial charge in [-0.15, -0.1) is 0 Å². The van der Waals surface area contributed by atoms with E-state index < -0.39 is 5.41 Å². The van der Waals surface area contributed by atoms with E-state index in [1.54, 1.807) is 0 Å². The normalized spacial score (nSPS) is 12.5. The summed E-state index contributed by atoms with van der Waals surface area (Å²) in [6.07, 6.45) is 0. The zero-order chi connectivity index (χ0) is 45.7. The molecule has 0 saturated heterocycles. The van der Waals surface area contributed by atoms with Gasteiger partial charge in [-0.05, 0) is 109 Å². The number of para-hydroxylation sites is 3. The third-order valence-corrected chi connectivity index (χ3v) is 14.2. The molecule has 12 aromatic rings. The van der Waals surface area contributed by atoms with Crippen molar-refractivity contribution < 1.29 is 4.42 Å². The molecule has 11 aromatic carbocycles. The van der Waals surface area contributed by atoms with Crippen molar-refractivity contribution in [2.24, 2.45) is 0 Å². The van der Waals surface area contributed by atoms with Crippen LogP contribution in [-0.2, 0) is 5.41 Å². The van der Waals surface area contributed by atoms with Gasteiger partial charge in [0, 0.05) is 27.6 Å². The summed E-state index contributed by atoms with van der Waals surface area (Å²) in [6, 6.07) is 99.4. The second kappa shape index (κ2) is 16.7. The van der Waals surface area contributed by atoms with Gasteiger partial charge < -0.3 is 9.32 Å². The van der Waals surface area contributed by atoms with Gasteiger partial charge in [-0.3, -0.25) is 0 Å². The van der Waals surface area contributed by atoms with Crippen LogP contribution < -0.4 is 4.90 Å². The number of fused-ring (bicyclic) bond motifs is 6. The van der Waals surface area contributed by atoms with Crippen LogP contribution in [0.25, 0.3) is 77.6 Å². The molecule has 324 valence electrons. The van der Waals surface area contributed by atoms with Gasteiger partial charge in [-0.25, -0.2) is 0 Å². The molecule has 0 spiro atoms. The summed E-state index contributed by atoms with van der Waals surface area (Å²) >= 11 is 0. The molecule has 0 amide bonds. The van der Waals surface area contributed by atoms with E-state index in [2.05, 4.69) is 266 Å². The minimum atomic E-state index is -0.497. The number of nitrogens with zero attached hydrogens (tertiary/aromatic N) is 1. The lowest BCUT2D eigenvalue weighted by molar-refractivity contribution is 0.669. The van der Waals surface area contributed by atoms with Gasteiger partial charge >= 0.3 is 0 Å². The topological polar surface area (TPSA) is 16.4 Å². The molecule has 2 heteroatoms. The smallest absolute Gasteiger partial charge is 0.135 e. The Bertz CT molecular complexity index is 3790. The summed E-state index contributed by atoms with van der Waals surface area (Å²) in [5, 5.41) is 2.21. The van der Waals surface area contributed by atoms with E-state index in [0.717, 1.165) is 66.8 Å². The molecule has 0 fully saturated rings. The molecule has 0 radical (unpaired) electrons. The van der Waals surface area contributed by atoms with Crippen molar-refractivity contribution in [2.75, 3.05) is 4.90 Å². The van der Waals surface area contributed by atoms with Gasteiger partial charge in [0.25, 0.3) is 0 Å². The Morgan fingerprint density at radius 1 is 0.290 bits per heavy atom. The number of furan rings is 1. The minimum absolute atomic E-state index is 0.497. The molecule has 0 atom stereocenters. The van der Waals surface area contributed by atoms with Gasteiger partial charge in [0.2, 0.25) is 0 Å². The lowest BCUT2D eigenvalue weighted by atomic mass is 9.67. The first-order valence-electron chi connectivity index (χ1n) is 23.7. The van der Waals surface area contributed by atoms with Crippen molar-refractivity contribution >= 4 is 39.0 Å². The third kappa shape index (κ3) is 6.64. The lowest BCUT2D eigenvalue weighted by Gasteiger charge is -2.34. The Morgan fingerprint density at radius 2 is 0.768 bits per heavy atom. The average Bonchev–Trinajstić information content (AvgIpc) is 3.96. The maximum atomic E-state index is 6.32. The predicted molar refractivity (Wildman–Crippen MR) is 287 cm³/mol. The van der Waals surface area contributed by atoms with Crippen LogP contribution in [0.15, 0.2) is 277 Å². The first-order chi connectivity index (χ1) is 34.2. The summed E-state index contributed by atoms with van der Waals surface area (Å²) in [5.74, 6) is 0. The molecule has 0 bridgehead atoms. The quantitative estimate of drug-likeness (QED) is 0.144. The van der Waals surface area contributed by atoms with Crippen LogP contribution in [0, 0.1) is 0 Å². The van der Waals surface area contributed by atoms with Gasteiger partial charge in [0.15, 0.2) is 0 Å². The molecular formula is C67H45NO. The zero-order valence-corrected chi connectivity index (χ0v) is 37.8. The van der Waals surface area contributed by atoms with E-state index in [4.69, 9.17) is 4.42 Å². The highest BCUT2D eigenvalue weighted by atomic mass is 16.3. The van der Waals surface area contributed by atoms with Crippen molar-refractivity contribution in [3.8, 4) is 55.6 Å². The maximum Gasteiger partial charge on any atom is 0.135 e. The van der Waals surface area contributed by atoms with Crippen LogP contribution in [0.4, 0.5) is 17.1 Å². The molecular weight excluding hydrogens is 835 g/mol. The Hall–Kier alpha value is -8.98. The molecule has 1 aliphatic rings. The van der Waals surface area contributed by atoms with E-state index in [1.165, 1.54) is 50.1 Å². The average molecular weight is 880 g/mol. The fourth-order valence-corrected chi connectivity index (χ4v) is 11.1. The van der Waals surface area contributed by atoms with Gasteiger partial charge in [0.1, 0.15) is 11.2 Å². The van der Waals surface area contributed by atoms with Crippen LogP contribution in [0.2, 0.25) is 0 Å². The number of hydrogen-bond donors (Lipinski definition) is 0. The molecule has 1 aromatic heterocycles. The summed E-state index contributed by atoms with van der Waals surface area (Å²) < 4.78 is 6.32. The molecule has 0 saturated carbocycles. The first kappa shape index (κ1) is 40.3. The van der Waals surface area contributed by atoms with E-state index in [0.29, 0.717) is 0 Å². The minimum Gasteiger partial charge on any atom is -0.456 e. The van der Waals surface area contributed by atoms with Crippen LogP contribution in [0.1, 0.15) is 22.3 Å². The summed E-state index contributed by atoms with van der Waals surface area (Å²) in [7, 11) is 0. The van der Waals surface area contributed by atoms with Crippen molar-refractivity contribution in [2.45, 2.75) is 5.41 Å². The summed E-state index contributed by atoms with van der Waals surface area (Å²) in [4.78, 5) is 2.46. The lowest BCUT2D eigenvalue weighted by Crippen LogP contribution is -2.28. The largest absolute Gasteiger partial charge is 0.456 e. The highest BCUT2D eigenvalue weighted by Gasteiger charge is 2.46. The standard InChI is InChI=1S/C67H45NO/c1-4-20-46(21-5-1)47-38-40-48(41-39-47)54-28-11-15-35-62(54)68(63-36-16-12-29-55(63)50-42-43-65-59(45-50)57-30-13-17-37-64(57)69-65)53-27-18-22-49(44-53)56-32-19-34-61-66(56)58-31-10-14-33-60(58)67(61,51-23-6-2-7-24-51)52-25-8-3-9-26-52/h1-45H. The summed E-state index contributed by atoms with van der Waals surface area (Å²) in [5.41, 5.74) is 21.4. The molecule has 2 nitrogen and oxygen atoms in total. The van der Waals surface area contributed by atoms with Crippen molar-refractivity contribution in [3.63, 3.8) is 0 Å². The number of hydrogen-bond acceptors (Lipinski definition) is 2. The third-order valence-electron chi connectivity index (χ3n) is 14.2. The van der Waals surface area contributed by atoms with E-state index >= 15 is 0 Å². The Kier molecular flexibility index (Phi) is 9.77. The first-order valence-corrected chi connectivity index (χ1v) is 23.7. The van der Waals surface area contributed by atoms with Crippen LogP contribution in [-0.4, -0.2) is 0 Å². The molecule has 13 rings (SSSR count). The molecule has 0 unspecified atom stereocenters. The van der Waals surface area contributed by atoms with Crippen molar-refractivity contribution in [1.29, 1.82) is 0 Å². The monoisotopic (exact) mass is 879 g/mol. The number of benzene rings is 11. The highest BCUT2D eigenvalue weighted by molar-refractivity contribution is 6.07. The van der Waals surface area contributed by atoms with Gasteiger partial charge in [-0.2, -0.15) is 0 Å². The second-order valence-corrected chi connectivity index (χ2v) is 17.9. The van der Waals surface area contributed by atoms with Crippen molar-refractivity contribution in [1.82, 2.24) is 0 Å². The van der Waals surface area contributed by atoms with Gasteiger partial charge in [-0.1, -0.05) is 231 Å². The van der Waals surface area contributed by atoms with E-state index in [1.807, 2.05) is 12.1 Å². The van der Waals surface area contributed by atoms with E-state index in [9.17, 15) is 0 Å². The van der Waals surface area contributed by atoms with Crippen molar-refractivity contribution in [3.05, 3.63) is 295 Å². The zero-order valence-electron chi connectivity index (χ0n) is 37.8. The fourth-order valence-electron chi connectivity index (χ4n) is 11.1. The number of anilines is 3.